The van der Waals surface area contributed by atoms with Crippen molar-refractivity contribution in [2.24, 2.45) is 0 Å². The highest BCUT2D eigenvalue weighted by Crippen LogP contribution is 2.28. The first-order valence-electron chi connectivity index (χ1n) is 6.27. The van der Waals surface area contributed by atoms with Gasteiger partial charge in [-0.15, -0.1) is 0 Å². The average molecular weight is 269 g/mol. The number of β-amino-alcohol motifs (C(OH)–C–C–N with tert-alkyl or cyclic N) is 1. The summed E-state index contributed by atoms with van der Waals surface area (Å²) in [5, 5.41) is 14.4. The first kappa shape index (κ1) is 13.7. The first-order valence-corrected chi connectivity index (χ1v) is 6.64. The van der Waals surface area contributed by atoms with E-state index in [9.17, 15) is 5.11 Å². The minimum Gasteiger partial charge on any atom is -0.387 e. The van der Waals surface area contributed by atoms with E-state index in [0.717, 1.165) is 17.3 Å². The summed E-state index contributed by atoms with van der Waals surface area (Å²) in [6.07, 6.45) is 0. The molecular formula is C14H21ClN2O. The van der Waals surface area contributed by atoms with Gasteiger partial charge in [0.1, 0.15) is 0 Å². The van der Waals surface area contributed by atoms with Crippen LogP contribution in [0.3, 0.4) is 0 Å². The number of benzene rings is 1. The van der Waals surface area contributed by atoms with Crippen LogP contribution in [0.5, 0.6) is 0 Å². The van der Waals surface area contributed by atoms with Gasteiger partial charge in [-0.05, 0) is 45.0 Å². The second-order valence-corrected chi connectivity index (χ2v) is 6.41. The van der Waals surface area contributed by atoms with Crippen LogP contribution in [0.25, 0.3) is 0 Å². The Kier molecular flexibility index (Phi) is 3.58. The largest absolute Gasteiger partial charge is 0.387 e. The van der Waals surface area contributed by atoms with Gasteiger partial charge >= 0.3 is 0 Å². The number of halogens is 1. The predicted molar refractivity (Wildman–Crippen MR) is 76.4 cm³/mol. The van der Waals surface area contributed by atoms with Crippen molar-refractivity contribution in [1.29, 1.82) is 0 Å². The molecule has 1 aliphatic heterocycles. The van der Waals surface area contributed by atoms with Gasteiger partial charge in [0.05, 0.1) is 5.60 Å². The maximum absolute atomic E-state index is 10.3. The summed E-state index contributed by atoms with van der Waals surface area (Å²) in [6.45, 7) is 8.28. The Morgan fingerprint density at radius 2 is 1.78 bits per heavy atom. The van der Waals surface area contributed by atoms with Crippen LogP contribution in [-0.4, -0.2) is 35.9 Å². The van der Waals surface area contributed by atoms with Gasteiger partial charge in [-0.3, -0.25) is 0 Å². The van der Waals surface area contributed by atoms with Crippen LogP contribution in [0.2, 0.25) is 5.02 Å². The molecule has 1 aromatic rings. The van der Waals surface area contributed by atoms with E-state index in [1.54, 1.807) is 0 Å². The zero-order chi connectivity index (χ0) is 13.4. The topological polar surface area (TPSA) is 35.5 Å². The molecule has 0 spiro atoms. The second-order valence-electron chi connectivity index (χ2n) is 5.98. The molecule has 1 heterocycles. The summed E-state index contributed by atoms with van der Waals surface area (Å²) in [7, 11) is 0. The van der Waals surface area contributed by atoms with E-state index in [4.69, 9.17) is 11.6 Å². The monoisotopic (exact) mass is 268 g/mol. The molecule has 0 saturated carbocycles. The van der Waals surface area contributed by atoms with Gasteiger partial charge in [0.2, 0.25) is 0 Å². The van der Waals surface area contributed by atoms with Crippen molar-refractivity contribution in [2.75, 3.05) is 24.5 Å². The molecule has 4 heteroatoms. The molecule has 2 rings (SSSR count). The minimum absolute atomic E-state index is 0.0473. The summed E-state index contributed by atoms with van der Waals surface area (Å²) >= 11 is 5.93. The maximum atomic E-state index is 10.3. The van der Waals surface area contributed by atoms with Crippen LogP contribution >= 0.6 is 11.6 Å². The Bertz CT molecular complexity index is 414. The number of hydrogen-bond donors (Lipinski definition) is 2. The van der Waals surface area contributed by atoms with Crippen molar-refractivity contribution in [3.05, 3.63) is 29.3 Å². The van der Waals surface area contributed by atoms with Gasteiger partial charge in [0, 0.05) is 35.9 Å². The number of aliphatic hydroxyl groups is 1. The van der Waals surface area contributed by atoms with Crippen LogP contribution in [-0.2, 0) is 0 Å². The van der Waals surface area contributed by atoms with Gasteiger partial charge < -0.3 is 15.3 Å². The second kappa shape index (κ2) is 4.72. The van der Waals surface area contributed by atoms with E-state index in [1.165, 1.54) is 0 Å². The Hall–Kier alpha value is -0.770. The van der Waals surface area contributed by atoms with Crippen LogP contribution in [0.1, 0.15) is 20.8 Å². The van der Waals surface area contributed by atoms with E-state index in [1.807, 2.05) is 31.2 Å². The molecule has 1 aromatic carbocycles. The Balaban J connectivity index is 2.34. The molecule has 18 heavy (non-hydrogen) atoms. The van der Waals surface area contributed by atoms with Crippen molar-refractivity contribution in [3.8, 4) is 0 Å². The van der Waals surface area contributed by atoms with E-state index >= 15 is 0 Å². The van der Waals surface area contributed by atoms with Gasteiger partial charge in [-0.1, -0.05) is 11.6 Å². The zero-order valence-electron chi connectivity index (χ0n) is 11.2. The van der Waals surface area contributed by atoms with Crippen LogP contribution in [0, 0.1) is 0 Å². The highest BCUT2D eigenvalue weighted by Gasteiger charge is 2.36. The number of nitrogens with one attached hydrogen (secondary N) is 1. The molecule has 0 bridgehead atoms. The van der Waals surface area contributed by atoms with Crippen molar-refractivity contribution in [2.45, 2.75) is 31.9 Å². The zero-order valence-corrected chi connectivity index (χ0v) is 12.0. The van der Waals surface area contributed by atoms with E-state index in [2.05, 4.69) is 24.1 Å². The predicted octanol–water partition coefficient (Wildman–Crippen LogP) is 2.28. The third kappa shape index (κ3) is 2.97. The first-order chi connectivity index (χ1) is 8.30. The molecule has 0 aliphatic carbocycles. The SMILES string of the molecule is CC1(O)CNCC(C)(C)N(c2ccc(Cl)cc2)C1. The summed E-state index contributed by atoms with van der Waals surface area (Å²) < 4.78 is 0. The molecule has 1 unspecified atom stereocenters. The third-order valence-corrected chi connectivity index (χ3v) is 3.68. The highest BCUT2D eigenvalue weighted by atomic mass is 35.5. The molecule has 1 aliphatic rings. The highest BCUT2D eigenvalue weighted by molar-refractivity contribution is 6.30. The molecule has 1 atom stereocenters. The van der Waals surface area contributed by atoms with E-state index in [0.29, 0.717) is 13.1 Å². The fourth-order valence-corrected chi connectivity index (χ4v) is 2.53. The quantitative estimate of drug-likeness (QED) is 0.820. The van der Waals surface area contributed by atoms with Crippen LogP contribution in [0.15, 0.2) is 24.3 Å². The Morgan fingerprint density at radius 1 is 1.17 bits per heavy atom. The normalized spacial score (nSPS) is 27.9. The van der Waals surface area contributed by atoms with Crippen molar-refractivity contribution >= 4 is 17.3 Å². The van der Waals surface area contributed by atoms with Crippen LogP contribution in [0.4, 0.5) is 5.69 Å². The van der Waals surface area contributed by atoms with Crippen molar-refractivity contribution in [1.82, 2.24) is 5.32 Å². The number of hydrogen-bond acceptors (Lipinski definition) is 3. The lowest BCUT2D eigenvalue weighted by molar-refractivity contribution is 0.0720. The molecule has 1 saturated heterocycles. The van der Waals surface area contributed by atoms with Gasteiger partial charge in [0.15, 0.2) is 0 Å². The number of nitrogens with zero attached hydrogens (tertiary/aromatic N) is 1. The summed E-state index contributed by atoms with van der Waals surface area (Å²) in [4.78, 5) is 2.24. The van der Waals surface area contributed by atoms with Gasteiger partial charge in [-0.25, -0.2) is 0 Å². The van der Waals surface area contributed by atoms with Crippen molar-refractivity contribution < 1.29 is 5.11 Å². The fourth-order valence-electron chi connectivity index (χ4n) is 2.41. The average Bonchev–Trinajstić information content (AvgIpc) is 2.36. The number of rotatable bonds is 1. The minimum atomic E-state index is -0.729. The van der Waals surface area contributed by atoms with Crippen molar-refractivity contribution in [3.63, 3.8) is 0 Å². The smallest absolute Gasteiger partial charge is 0.0917 e. The molecular weight excluding hydrogens is 248 g/mol. The lowest BCUT2D eigenvalue weighted by atomic mass is 10.00. The molecule has 0 radical (unpaired) electrons. The summed E-state index contributed by atoms with van der Waals surface area (Å²) in [6, 6.07) is 7.79. The molecule has 0 amide bonds. The summed E-state index contributed by atoms with van der Waals surface area (Å²) in [5.74, 6) is 0. The van der Waals surface area contributed by atoms with Crippen LogP contribution < -0.4 is 10.2 Å². The van der Waals surface area contributed by atoms with Gasteiger partial charge in [0.25, 0.3) is 0 Å². The fraction of sp³-hybridized carbons (Fsp3) is 0.571. The molecule has 100 valence electrons. The van der Waals surface area contributed by atoms with E-state index < -0.39 is 5.60 Å². The maximum Gasteiger partial charge on any atom is 0.0917 e. The van der Waals surface area contributed by atoms with Gasteiger partial charge in [-0.2, -0.15) is 0 Å². The standard InChI is InChI=1S/C14H21ClN2O/c1-13(2)8-16-9-14(3,18)10-17(13)12-6-4-11(15)5-7-12/h4-7,16,18H,8-10H2,1-3H3. The Labute approximate surface area is 114 Å². The lowest BCUT2D eigenvalue weighted by Gasteiger charge is -2.40. The molecule has 1 fully saturated rings. The molecule has 0 aromatic heterocycles. The molecule has 3 nitrogen and oxygen atoms in total. The molecule has 2 N–H and O–H groups in total. The Morgan fingerprint density at radius 3 is 2.39 bits per heavy atom. The third-order valence-electron chi connectivity index (χ3n) is 3.43. The lowest BCUT2D eigenvalue weighted by Crippen LogP contribution is -2.51. The van der Waals surface area contributed by atoms with E-state index in [-0.39, 0.29) is 5.54 Å². The summed E-state index contributed by atoms with van der Waals surface area (Å²) in [5.41, 5.74) is 0.315. The number of anilines is 1.